The summed E-state index contributed by atoms with van der Waals surface area (Å²) in [6, 6.07) is 8.21. The normalized spacial score (nSPS) is 15.7. The Hall–Kier alpha value is -2.45. The minimum atomic E-state index is -0.424. The third-order valence-electron chi connectivity index (χ3n) is 5.34. The average Bonchev–Trinajstić information content (AvgIpc) is 2.68. The van der Waals surface area contributed by atoms with Crippen LogP contribution in [0, 0.1) is 11.7 Å². The lowest BCUT2D eigenvalue weighted by Crippen LogP contribution is -2.32. The Morgan fingerprint density at radius 3 is 2.66 bits per heavy atom. The van der Waals surface area contributed by atoms with Crippen molar-refractivity contribution in [2.75, 3.05) is 38.2 Å². The second kappa shape index (κ2) is 8.12. The second-order valence-corrected chi connectivity index (χ2v) is 8.44. The fraction of sp³-hybridized carbons (Fsp3) is 0.333. The minimum absolute atomic E-state index is 0.228. The van der Waals surface area contributed by atoms with Gasteiger partial charge in [0.05, 0.1) is 23.4 Å². The molecule has 1 aromatic heterocycles. The zero-order valence-electron chi connectivity index (χ0n) is 16.2. The zero-order valence-corrected chi connectivity index (χ0v) is 17.7. The van der Waals surface area contributed by atoms with E-state index >= 15 is 0 Å². The number of anilines is 2. The van der Waals surface area contributed by atoms with Crippen LogP contribution in [0.5, 0.6) is 5.75 Å². The highest BCUT2D eigenvalue weighted by atomic mass is 79.9. The summed E-state index contributed by atoms with van der Waals surface area (Å²) in [4.78, 5) is 11.1. The molecule has 0 amide bonds. The molecule has 152 valence electrons. The molecule has 0 bridgehead atoms. The van der Waals surface area contributed by atoms with E-state index in [9.17, 15) is 4.39 Å². The molecule has 1 fully saturated rings. The van der Waals surface area contributed by atoms with Gasteiger partial charge in [-0.25, -0.2) is 14.4 Å². The number of halogens is 2. The molecule has 0 radical (unpaired) electrons. The molecular formula is C21H23BrFN5O. The fourth-order valence-corrected chi connectivity index (χ4v) is 3.88. The van der Waals surface area contributed by atoms with Gasteiger partial charge in [-0.15, -0.1) is 0 Å². The summed E-state index contributed by atoms with van der Waals surface area (Å²) in [5.41, 5.74) is 13.6. The van der Waals surface area contributed by atoms with Crippen LogP contribution in [0.4, 0.5) is 15.9 Å². The molecule has 0 atom stereocenters. The van der Waals surface area contributed by atoms with Crippen molar-refractivity contribution in [1.82, 2.24) is 14.9 Å². The molecule has 0 saturated carbocycles. The Morgan fingerprint density at radius 2 is 1.93 bits per heavy atom. The molecule has 0 spiro atoms. The number of nitrogen functional groups attached to an aromatic ring is 2. The van der Waals surface area contributed by atoms with E-state index < -0.39 is 5.82 Å². The van der Waals surface area contributed by atoms with Crippen molar-refractivity contribution in [3.05, 3.63) is 40.6 Å². The Balaban J connectivity index is 1.64. The SMILES string of the molecule is CN1CCC(COc2cc3nc(-c4ccc(Br)cc4F)nc(N)c3cc2N)CC1. The number of hydrogen-bond donors (Lipinski definition) is 2. The summed E-state index contributed by atoms with van der Waals surface area (Å²) in [5, 5.41) is 0.621. The third-order valence-corrected chi connectivity index (χ3v) is 5.83. The molecule has 4 N–H and O–H groups in total. The molecule has 3 aromatic rings. The molecule has 2 heterocycles. The molecule has 29 heavy (non-hydrogen) atoms. The van der Waals surface area contributed by atoms with E-state index in [1.807, 2.05) is 0 Å². The first-order valence-electron chi connectivity index (χ1n) is 9.54. The van der Waals surface area contributed by atoms with Crippen molar-refractivity contribution in [3.63, 3.8) is 0 Å². The molecule has 8 heteroatoms. The topological polar surface area (TPSA) is 90.3 Å². The van der Waals surface area contributed by atoms with Crippen molar-refractivity contribution >= 4 is 38.3 Å². The Kier molecular flexibility index (Phi) is 5.56. The maximum Gasteiger partial charge on any atom is 0.165 e. The maximum absolute atomic E-state index is 14.4. The zero-order chi connectivity index (χ0) is 20.5. The predicted molar refractivity (Wildman–Crippen MR) is 117 cm³/mol. The molecule has 2 aromatic carbocycles. The van der Waals surface area contributed by atoms with Crippen LogP contribution in [0.25, 0.3) is 22.3 Å². The van der Waals surface area contributed by atoms with Crippen LogP contribution >= 0.6 is 15.9 Å². The van der Waals surface area contributed by atoms with E-state index in [0.717, 1.165) is 25.9 Å². The van der Waals surface area contributed by atoms with E-state index in [1.54, 1.807) is 24.3 Å². The summed E-state index contributed by atoms with van der Waals surface area (Å²) >= 11 is 3.26. The summed E-state index contributed by atoms with van der Waals surface area (Å²) < 4.78 is 21.0. The Bertz CT molecular complexity index is 1050. The van der Waals surface area contributed by atoms with Gasteiger partial charge in [-0.2, -0.15) is 0 Å². The van der Waals surface area contributed by atoms with E-state index in [-0.39, 0.29) is 17.2 Å². The van der Waals surface area contributed by atoms with E-state index in [0.29, 0.717) is 39.3 Å². The average molecular weight is 460 g/mol. The van der Waals surface area contributed by atoms with Gasteiger partial charge in [-0.3, -0.25) is 0 Å². The van der Waals surface area contributed by atoms with Gasteiger partial charge in [-0.1, -0.05) is 15.9 Å². The number of fused-ring (bicyclic) bond motifs is 1. The van der Waals surface area contributed by atoms with Crippen molar-refractivity contribution in [2.24, 2.45) is 5.92 Å². The van der Waals surface area contributed by atoms with E-state index in [4.69, 9.17) is 16.2 Å². The second-order valence-electron chi connectivity index (χ2n) is 7.52. The predicted octanol–water partition coefficient (Wildman–Crippen LogP) is 4.08. The van der Waals surface area contributed by atoms with Crippen molar-refractivity contribution in [1.29, 1.82) is 0 Å². The highest BCUT2D eigenvalue weighted by Gasteiger charge is 2.19. The van der Waals surface area contributed by atoms with E-state index in [2.05, 4.69) is 37.8 Å². The molecule has 0 unspecified atom stereocenters. The van der Waals surface area contributed by atoms with Gasteiger partial charge in [0.2, 0.25) is 0 Å². The van der Waals surface area contributed by atoms with Crippen LogP contribution < -0.4 is 16.2 Å². The first kappa shape index (κ1) is 19.8. The number of rotatable bonds is 4. The number of aromatic nitrogens is 2. The van der Waals surface area contributed by atoms with Gasteiger partial charge < -0.3 is 21.1 Å². The lowest BCUT2D eigenvalue weighted by molar-refractivity contribution is 0.160. The van der Waals surface area contributed by atoms with Crippen LogP contribution in [0.3, 0.4) is 0 Å². The van der Waals surface area contributed by atoms with E-state index in [1.165, 1.54) is 6.07 Å². The molecule has 6 nitrogen and oxygen atoms in total. The first-order chi connectivity index (χ1) is 13.9. The number of hydrogen-bond acceptors (Lipinski definition) is 6. The van der Waals surface area contributed by atoms with Gasteiger partial charge in [0.25, 0.3) is 0 Å². The van der Waals surface area contributed by atoms with Crippen molar-refractivity contribution in [2.45, 2.75) is 12.8 Å². The van der Waals surface area contributed by atoms with Crippen LogP contribution in [-0.2, 0) is 0 Å². The Morgan fingerprint density at radius 1 is 1.17 bits per heavy atom. The maximum atomic E-state index is 14.4. The number of nitrogens with two attached hydrogens (primary N) is 2. The summed E-state index contributed by atoms with van der Waals surface area (Å²) in [7, 11) is 2.13. The quantitative estimate of drug-likeness (QED) is 0.571. The van der Waals surface area contributed by atoms with Crippen LogP contribution in [0.2, 0.25) is 0 Å². The minimum Gasteiger partial charge on any atom is -0.491 e. The lowest BCUT2D eigenvalue weighted by atomic mass is 9.98. The molecule has 0 aliphatic carbocycles. The highest BCUT2D eigenvalue weighted by molar-refractivity contribution is 9.10. The summed E-state index contributed by atoms with van der Waals surface area (Å²) in [5.74, 6) is 1.13. The number of likely N-dealkylation sites (tertiary alicyclic amines) is 1. The number of benzene rings is 2. The van der Waals surface area contributed by atoms with Crippen molar-refractivity contribution < 1.29 is 9.13 Å². The van der Waals surface area contributed by atoms with Crippen LogP contribution in [-0.4, -0.2) is 41.6 Å². The standard InChI is InChI=1S/C21H23BrFN5O/c1-28-6-4-12(5-7-28)11-29-19-10-18-15(9-17(19)24)20(25)27-21(26-18)14-3-2-13(22)8-16(14)23/h2-3,8-10,12H,4-7,11,24H2,1H3,(H2,25,26,27). The molecular weight excluding hydrogens is 437 g/mol. The summed E-state index contributed by atoms with van der Waals surface area (Å²) in [6.07, 6.45) is 2.21. The van der Waals surface area contributed by atoms with Gasteiger partial charge in [0.1, 0.15) is 17.4 Å². The molecule has 1 saturated heterocycles. The number of nitrogens with zero attached hydrogens (tertiary/aromatic N) is 3. The lowest BCUT2D eigenvalue weighted by Gasteiger charge is -2.28. The van der Waals surface area contributed by atoms with Crippen molar-refractivity contribution in [3.8, 4) is 17.1 Å². The molecule has 4 rings (SSSR count). The summed E-state index contributed by atoms with van der Waals surface area (Å²) in [6.45, 7) is 2.76. The molecule has 1 aliphatic rings. The van der Waals surface area contributed by atoms with Gasteiger partial charge >= 0.3 is 0 Å². The highest BCUT2D eigenvalue weighted by Crippen LogP contribution is 2.33. The Labute approximate surface area is 177 Å². The van der Waals surface area contributed by atoms with Gasteiger partial charge in [0.15, 0.2) is 5.82 Å². The number of piperidine rings is 1. The fourth-order valence-electron chi connectivity index (χ4n) is 3.55. The molecule has 1 aliphatic heterocycles. The van der Waals surface area contributed by atoms with Crippen LogP contribution in [0.15, 0.2) is 34.8 Å². The van der Waals surface area contributed by atoms with Gasteiger partial charge in [-0.05, 0) is 63.2 Å². The van der Waals surface area contributed by atoms with Gasteiger partial charge in [0, 0.05) is 15.9 Å². The number of ether oxygens (including phenoxy) is 1. The smallest absolute Gasteiger partial charge is 0.165 e. The third kappa shape index (κ3) is 4.28. The first-order valence-corrected chi connectivity index (χ1v) is 10.3. The largest absolute Gasteiger partial charge is 0.491 e. The van der Waals surface area contributed by atoms with Crippen LogP contribution in [0.1, 0.15) is 12.8 Å². The monoisotopic (exact) mass is 459 g/mol.